The minimum atomic E-state index is -1.09. The fourth-order valence-corrected chi connectivity index (χ4v) is 5.03. The number of likely N-dealkylation sites (N-methyl/N-ethyl adjacent to an activating group) is 1. The summed E-state index contributed by atoms with van der Waals surface area (Å²) >= 11 is 0. The fourth-order valence-electron chi connectivity index (χ4n) is 5.03. The first-order valence-electron chi connectivity index (χ1n) is 12.5. The van der Waals surface area contributed by atoms with Crippen molar-refractivity contribution in [3.8, 4) is 5.82 Å². The third-order valence-electron chi connectivity index (χ3n) is 7.11. The number of hydrogen-bond donors (Lipinski definition) is 2. The zero-order valence-corrected chi connectivity index (χ0v) is 21.6. The maximum atomic E-state index is 13.2. The normalized spacial score (nSPS) is 15.9. The molecule has 8 nitrogen and oxygen atoms in total. The number of aromatic nitrogens is 4. The second-order valence-corrected chi connectivity index (χ2v) is 10.3. The van der Waals surface area contributed by atoms with Gasteiger partial charge >= 0.3 is 0 Å². The second-order valence-electron chi connectivity index (χ2n) is 10.3. The molecule has 0 fully saturated rings. The van der Waals surface area contributed by atoms with Crippen LogP contribution in [-0.4, -0.2) is 49.5 Å². The van der Waals surface area contributed by atoms with E-state index in [1.165, 1.54) is 17.5 Å². The van der Waals surface area contributed by atoms with Crippen LogP contribution in [0.2, 0.25) is 0 Å². The summed E-state index contributed by atoms with van der Waals surface area (Å²) in [5, 5.41) is 14.4. The van der Waals surface area contributed by atoms with Crippen molar-refractivity contribution in [1.82, 2.24) is 24.2 Å². The molecule has 0 saturated heterocycles. The monoisotopic (exact) mass is 486 g/mol. The summed E-state index contributed by atoms with van der Waals surface area (Å²) in [6.45, 7) is 5.80. The first kappa shape index (κ1) is 24.2. The summed E-state index contributed by atoms with van der Waals surface area (Å²) in [4.78, 5) is 24.7. The SMILES string of the molecule is CCn1c(=O)c2cnc(Nc3ccc4c(c3)CC(N(C)C)CC4)cc2n1-c1cccc(C(C)(C)O)n1. The molecule has 1 atom stereocenters. The third kappa shape index (κ3) is 4.42. The van der Waals surface area contributed by atoms with E-state index in [0.29, 0.717) is 40.8 Å². The van der Waals surface area contributed by atoms with Crippen LogP contribution in [0.4, 0.5) is 11.5 Å². The number of nitrogens with one attached hydrogen (secondary N) is 1. The number of anilines is 2. The van der Waals surface area contributed by atoms with E-state index in [9.17, 15) is 9.90 Å². The first-order valence-corrected chi connectivity index (χ1v) is 12.5. The van der Waals surface area contributed by atoms with Crippen molar-refractivity contribution in [1.29, 1.82) is 0 Å². The molecule has 1 aromatic carbocycles. The minimum Gasteiger partial charge on any atom is -0.384 e. The number of aryl methyl sites for hydroxylation is 1. The summed E-state index contributed by atoms with van der Waals surface area (Å²) in [5.41, 5.74) is 3.79. The molecule has 1 aliphatic carbocycles. The lowest BCUT2D eigenvalue weighted by Crippen LogP contribution is -2.33. The van der Waals surface area contributed by atoms with Gasteiger partial charge in [-0.2, -0.15) is 0 Å². The smallest absolute Gasteiger partial charge is 0.276 e. The van der Waals surface area contributed by atoms with Gasteiger partial charge in [0.2, 0.25) is 0 Å². The highest BCUT2D eigenvalue weighted by Gasteiger charge is 2.22. The molecule has 3 aromatic heterocycles. The summed E-state index contributed by atoms with van der Waals surface area (Å²) in [6.07, 6.45) is 4.94. The van der Waals surface area contributed by atoms with E-state index in [4.69, 9.17) is 0 Å². The van der Waals surface area contributed by atoms with Crippen molar-refractivity contribution in [3.05, 3.63) is 75.8 Å². The van der Waals surface area contributed by atoms with Gasteiger partial charge in [0, 0.05) is 30.5 Å². The molecule has 0 bridgehead atoms. The van der Waals surface area contributed by atoms with Gasteiger partial charge in [-0.05, 0) is 89.5 Å². The van der Waals surface area contributed by atoms with Crippen LogP contribution in [0, 0.1) is 0 Å². The molecule has 0 radical (unpaired) electrons. The number of benzene rings is 1. The van der Waals surface area contributed by atoms with Gasteiger partial charge < -0.3 is 15.3 Å². The summed E-state index contributed by atoms with van der Waals surface area (Å²) in [5.74, 6) is 1.23. The quantitative estimate of drug-likeness (QED) is 0.429. The zero-order chi connectivity index (χ0) is 25.6. The maximum absolute atomic E-state index is 13.2. The Kier molecular flexibility index (Phi) is 6.18. The average molecular weight is 487 g/mol. The van der Waals surface area contributed by atoms with E-state index in [1.807, 2.05) is 29.8 Å². The van der Waals surface area contributed by atoms with E-state index >= 15 is 0 Å². The lowest BCUT2D eigenvalue weighted by Gasteiger charge is -2.30. The van der Waals surface area contributed by atoms with Gasteiger partial charge in [-0.15, -0.1) is 0 Å². The van der Waals surface area contributed by atoms with Crippen molar-refractivity contribution < 1.29 is 5.11 Å². The molecule has 0 amide bonds. The Morgan fingerprint density at radius 2 is 1.97 bits per heavy atom. The molecule has 188 valence electrons. The van der Waals surface area contributed by atoms with E-state index in [0.717, 1.165) is 18.5 Å². The maximum Gasteiger partial charge on any atom is 0.276 e. The molecule has 8 heteroatoms. The van der Waals surface area contributed by atoms with Crippen LogP contribution in [0.15, 0.2) is 53.5 Å². The molecule has 3 heterocycles. The Morgan fingerprint density at radius 3 is 2.69 bits per heavy atom. The molecular formula is C28H34N6O2. The van der Waals surface area contributed by atoms with Crippen molar-refractivity contribution in [2.45, 2.75) is 58.2 Å². The number of rotatable bonds is 6. The second kappa shape index (κ2) is 9.19. The van der Waals surface area contributed by atoms with Crippen molar-refractivity contribution >= 4 is 22.4 Å². The summed E-state index contributed by atoms with van der Waals surface area (Å²) < 4.78 is 3.46. The Balaban J connectivity index is 1.55. The van der Waals surface area contributed by atoms with Crippen molar-refractivity contribution in [2.75, 3.05) is 19.4 Å². The summed E-state index contributed by atoms with van der Waals surface area (Å²) in [7, 11) is 4.29. The largest absolute Gasteiger partial charge is 0.384 e. The fraction of sp³-hybridized carbons (Fsp3) is 0.393. The van der Waals surface area contributed by atoms with Crippen molar-refractivity contribution in [3.63, 3.8) is 0 Å². The van der Waals surface area contributed by atoms with Crippen LogP contribution in [0.25, 0.3) is 16.7 Å². The predicted molar refractivity (Wildman–Crippen MR) is 143 cm³/mol. The number of nitrogens with zero attached hydrogens (tertiary/aromatic N) is 5. The first-order chi connectivity index (χ1) is 17.2. The number of hydrogen-bond acceptors (Lipinski definition) is 6. The van der Waals surface area contributed by atoms with Crippen LogP contribution in [0.5, 0.6) is 0 Å². The van der Waals surface area contributed by atoms with Gasteiger partial charge in [-0.25, -0.2) is 19.3 Å². The van der Waals surface area contributed by atoms with E-state index in [1.54, 1.807) is 30.8 Å². The molecule has 0 saturated carbocycles. The molecule has 2 N–H and O–H groups in total. The van der Waals surface area contributed by atoms with Crippen LogP contribution in [0.3, 0.4) is 0 Å². The lowest BCUT2D eigenvalue weighted by atomic mass is 9.87. The van der Waals surface area contributed by atoms with E-state index < -0.39 is 5.60 Å². The Bertz CT molecular complexity index is 1480. The van der Waals surface area contributed by atoms with Crippen LogP contribution >= 0.6 is 0 Å². The van der Waals surface area contributed by atoms with Crippen LogP contribution < -0.4 is 10.9 Å². The molecule has 4 aromatic rings. The number of pyridine rings is 2. The minimum absolute atomic E-state index is 0.120. The average Bonchev–Trinajstić information content (AvgIpc) is 3.14. The highest BCUT2D eigenvalue weighted by Crippen LogP contribution is 2.28. The third-order valence-corrected chi connectivity index (χ3v) is 7.11. The predicted octanol–water partition coefficient (Wildman–Crippen LogP) is 3.99. The molecule has 36 heavy (non-hydrogen) atoms. The lowest BCUT2D eigenvalue weighted by molar-refractivity contribution is 0.0738. The highest BCUT2D eigenvalue weighted by molar-refractivity contribution is 5.82. The van der Waals surface area contributed by atoms with Gasteiger partial charge in [0.05, 0.1) is 16.6 Å². The molecule has 0 aliphatic heterocycles. The van der Waals surface area contributed by atoms with Gasteiger partial charge in [0.15, 0.2) is 5.82 Å². The highest BCUT2D eigenvalue weighted by atomic mass is 16.3. The molecule has 1 unspecified atom stereocenters. The molecular weight excluding hydrogens is 452 g/mol. The van der Waals surface area contributed by atoms with Crippen LogP contribution in [-0.2, 0) is 25.0 Å². The Morgan fingerprint density at radius 1 is 1.17 bits per heavy atom. The topological polar surface area (TPSA) is 88.2 Å². The zero-order valence-electron chi connectivity index (χ0n) is 21.6. The van der Waals surface area contributed by atoms with Gasteiger partial charge in [0.25, 0.3) is 5.56 Å². The summed E-state index contributed by atoms with van der Waals surface area (Å²) in [6, 6.07) is 14.4. The van der Waals surface area contributed by atoms with Crippen molar-refractivity contribution in [2.24, 2.45) is 0 Å². The Hall–Kier alpha value is -3.49. The van der Waals surface area contributed by atoms with Crippen LogP contribution in [0.1, 0.15) is 44.0 Å². The molecule has 0 spiro atoms. The molecule has 5 rings (SSSR count). The molecule has 1 aliphatic rings. The Labute approximate surface area is 211 Å². The standard InChI is InChI=1S/C28H34N6O2/c1-6-33-27(35)22-17-29-25(16-23(22)34(33)26-9-7-8-24(31-26)28(2,3)36)30-20-12-10-18-11-13-21(32(4)5)15-19(18)14-20/h7-10,12,14,16-17,21,36H,6,11,13,15H2,1-5H3,(H,29,30). The number of fused-ring (bicyclic) bond motifs is 2. The van der Waals surface area contributed by atoms with Gasteiger partial charge in [0.1, 0.15) is 11.4 Å². The number of aliphatic hydroxyl groups is 1. The van der Waals surface area contributed by atoms with E-state index in [2.05, 4.69) is 52.5 Å². The van der Waals surface area contributed by atoms with E-state index in [-0.39, 0.29) is 5.56 Å². The van der Waals surface area contributed by atoms with Gasteiger partial charge in [-0.3, -0.25) is 4.79 Å². The van der Waals surface area contributed by atoms with Gasteiger partial charge in [-0.1, -0.05) is 12.1 Å².